The summed E-state index contributed by atoms with van der Waals surface area (Å²) in [6.45, 7) is 4.92. The van der Waals surface area contributed by atoms with Gasteiger partial charge >= 0.3 is 0 Å². The van der Waals surface area contributed by atoms with Crippen molar-refractivity contribution in [3.05, 3.63) is 59.7 Å². The number of carbonyl (C=O) groups excluding carboxylic acids is 1. The minimum absolute atomic E-state index is 0.0482. The van der Waals surface area contributed by atoms with Crippen LogP contribution in [-0.2, 0) is 21.4 Å². The molecule has 2 rings (SSSR count). The standard InChI is InChI=1S/C20H26N2O4S/c1-4-26-18-9-11-19(12-10-18)27(24,25)21-14-13-20(23)22(3)15-17-7-5-16(2)6-8-17/h5-12,21H,4,13-15H2,1-3H3. The van der Waals surface area contributed by atoms with Crippen LogP contribution in [0.2, 0.25) is 0 Å². The van der Waals surface area contributed by atoms with Crippen LogP contribution in [0.1, 0.15) is 24.5 Å². The first-order chi connectivity index (χ1) is 12.8. The van der Waals surface area contributed by atoms with Gasteiger partial charge in [-0.2, -0.15) is 0 Å². The summed E-state index contributed by atoms with van der Waals surface area (Å²) in [4.78, 5) is 14.0. The summed E-state index contributed by atoms with van der Waals surface area (Å²) in [5, 5.41) is 0. The van der Waals surface area contributed by atoms with Gasteiger partial charge in [0.2, 0.25) is 15.9 Å². The van der Waals surface area contributed by atoms with Gasteiger partial charge in [0.1, 0.15) is 5.75 Å². The summed E-state index contributed by atoms with van der Waals surface area (Å²) in [7, 11) is -1.94. The van der Waals surface area contributed by atoms with Crippen LogP contribution in [0.15, 0.2) is 53.4 Å². The summed E-state index contributed by atoms with van der Waals surface area (Å²) >= 11 is 0. The fourth-order valence-corrected chi connectivity index (χ4v) is 3.54. The van der Waals surface area contributed by atoms with Gasteiger partial charge in [0.15, 0.2) is 0 Å². The number of hydrogen-bond donors (Lipinski definition) is 1. The minimum Gasteiger partial charge on any atom is -0.494 e. The summed E-state index contributed by atoms with van der Waals surface area (Å²) in [6, 6.07) is 14.1. The fraction of sp³-hybridized carbons (Fsp3) is 0.350. The molecule has 0 unspecified atom stereocenters. The summed E-state index contributed by atoms with van der Waals surface area (Å²) in [5.41, 5.74) is 2.20. The van der Waals surface area contributed by atoms with Crippen LogP contribution in [0.3, 0.4) is 0 Å². The zero-order chi connectivity index (χ0) is 19.9. The first kappa shape index (κ1) is 20.9. The maximum Gasteiger partial charge on any atom is 0.240 e. The molecule has 146 valence electrons. The molecule has 0 spiro atoms. The van der Waals surface area contributed by atoms with Crippen molar-refractivity contribution in [2.75, 3.05) is 20.2 Å². The zero-order valence-electron chi connectivity index (χ0n) is 15.9. The molecule has 2 aromatic rings. The third-order valence-electron chi connectivity index (χ3n) is 4.04. The highest BCUT2D eigenvalue weighted by atomic mass is 32.2. The molecule has 1 amide bonds. The monoisotopic (exact) mass is 390 g/mol. The first-order valence-corrected chi connectivity index (χ1v) is 10.3. The average molecular weight is 391 g/mol. The van der Waals surface area contributed by atoms with Gasteiger partial charge in [-0.3, -0.25) is 4.79 Å². The van der Waals surface area contributed by atoms with Crippen molar-refractivity contribution in [2.24, 2.45) is 0 Å². The van der Waals surface area contributed by atoms with Gasteiger partial charge in [0.05, 0.1) is 11.5 Å². The number of nitrogens with zero attached hydrogens (tertiary/aromatic N) is 1. The van der Waals surface area contributed by atoms with Gasteiger partial charge in [0.25, 0.3) is 0 Å². The molecule has 0 saturated heterocycles. The largest absolute Gasteiger partial charge is 0.494 e. The smallest absolute Gasteiger partial charge is 0.240 e. The molecule has 0 saturated carbocycles. The number of nitrogens with one attached hydrogen (secondary N) is 1. The summed E-state index contributed by atoms with van der Waals surface area (Å²) in [5.74, 6) is 0.495. The van der Waals surface area contributed by atoms with Crippen molar-refractivity contribution in [1.82, 2.24) is 9.62 Å². The van der Waals surface area contributed by atoms with E-state index in [0.717, 1.165) is 11.1 Å². The van der Waals surface area contributed by atoms with Crippen LogP contribution < -0.4 is 9.46 Å². The van der Waals surface area contributed by atoms with E-state index in [-0.39, 0.29) is 23.8 Å². The molecule has 1 N–H and O–H groups in total. The third kappa shape index (κ3) is 6.37. The predicted octanol–water partition coefficient (Wildman–Crippen LogP) is 2.72. The Morgan fingerprint density at radius 2 is 1.70 bits per heavy atom. The van der Waals surface area contributed by atoms with Crippen LogP contribution in [0.5, 0.6) is 5.75 Å². The van der Waals surface area contributed by atoms with Crippen molar-refractivity contribution in [2.45, 2.75) is 31.7 Å². The number of aryl methyl sites for hydroxylation is 1. The summed E-state index contributed by atoms with van der Waals surface area (Å²) < 4.78 is 32.4. The van der Waals surface area contributed by atoms with E-state index in [1.54, 1.807) is 24.1 Å². The molecule has 0 aromatic heterocycles. The van der Waals surface area contributed by atoms with Gasteiger partial charge in [0, 0.05) is 26.6 Å². The Labute approximate surface area is 161 Å². The number of benzene rings is 2. The zero-order valence-corrected chi connectivity index (χ0v) is 16.8. The Morgan fingerprint density at radius 3 is 2.30 bits per heavy atom. The third-order valence-corrected chi connectivity index (χ3v) is 5.52. The molecule has 0 heterocycles. The Hall–Kier alpha value is -2.38. The molecule has 0 aliphatic heterocycles. The molecule has 6 nitrogen and oxygen atoms in total. The molecule has 0 bridgehead atoms. The average Bonchev–Trinajstić information content (AvgIpc) is 2.64. The number of carbonyl (C=O) groups is 1. The molecule has 0 radical (unpaired) electrons. The molecule has 27 heavy (non-hydrogen) atoms. The van der Waals surface area contributed by atoms with Gasteiger partial charge in [-0.05, 0) is 43.7 Å². The lowest BCUT2D eigenvalue weighted by atomic mass is 10.1. The van der Waals surface area contributed by atoms with Gasteiger partial charge in [-0.15, -0.1) is 0 Å². The van der Waals surface area contributed by atoms with Crippen molar-refractivity contribution in [1.29, 1.82) is 0 Å². The van der Waals surface area contributed by atoms with Gasteiger partial charge in [-0.1, -0.05) is 29.8 Å². The highest BCUT2D eigenvalue weighted by molar-refractivity contribution is 7.89. The van der Waals surface area contributed by atoms with Crippen LogP contribution in [-0.4, -0.2) is 39.4 Å². The molecule has 0 atom stereocenters. The number of amides is 1. The van der Waals surface area contributed by atoms with Gasteiger partial charge in [-0.25, -0.2) is 13.1 Å². The number of rotatable bonds is 9. The molecule has 2 aromatic carbocycles. The lowest BCUT2D eigenvalue weighted by Crippen LogP contribution is -2.31. The lowest BCUT2D eigenvalue weighted by Gasteiger charge is -2.17. The molecule has 7 heteroatoms. The molecule has 0 aliphatic rings. The number of ether oxygens (including phenoxy) is 1. The van der Waals surface area contributed by atoms with Crippen LogP contribution in [0, 0.1) is 6.92 Å². The van der Waals surface area contributed by atoms with Crippen molar-refractivity contribution < 1.29 is 17.9 Å². The van der Waals surface area contributed by atoms with Crippen LogP contribution in [0.25, 0.3) is 0 Å². The molecule has 0 fully saturated rings. The van der Waals surface area contributed by atoms with E-state index in [0.29, 0.717) is 18.9 Å². The van der Waals surface area contributed by atoms with E-state index < -0.39 is 10.0 Å². The predicted molar refractivity (Wildman–Crippen MR) is 105 cm³/mol. The van der Waals surface area contributed by atoms with E-state index in [4.69, 9.17) is 4.74 Å². The molecule has 0 aliphatic carbocycles. The van der Waals surface area contributed by atoms with E-state index in [1.165, 1.54) is 12.1 Å². The Morgan fingerprint density at radius 1 is 1.07 bits per heavy atom. The van der Waals surface area contributed by atoms with Crippen molar-refractivity contribution >= 4 is 15.9 Å². The summed E-state index contributed by atoms with van der Waals surface area (Å²) in [6.07, 6.45) is 0.0959. The van der Waals surface area contributed by atoms with Crippen molar-refractivity contribution in [3.8, 4) is 5.75 Å². The molecular formula is C20H26N2O4S. The Balaban J connectivity index is 1.84. The SMILES string of the molecule is CCOc1ccc(S(=O)(=O)NCCC(=O)N(C)Cc2ccc(C)cc2)cc1. The highest BCUT2D eigenvalue weighted by Crippen LogP contribution is 2.15. The molecular weight excluding hydrogens is 364 g/mol. The first-order valence-electron chi connectivity index (χ1n) is 8.84. The topological polar surface area (TPSA) is 75.7 Å². The maximum atomic E-state index is 12.3. The highest BCUT2D eigenvalue weighted by Gasteiger charge is 2.15. The number of sulfonamides is 1. The van der Waals surface area contributed by atoms with E-state index in [2.05, 4.69) is 4.72 Å². The number of hydrogen-bond acceptors (Lipinski definition) is 4. The van der Waals surface area contributed by atoms with Gasteiger partial charge < -0.3 is 9.64 Å². The second-order valence-corrected chi connectivity index (χ2v) is 8.05. The second-order valence-electron chi connectivity index (χ2n) is 6.29. The minimum atomic E-state index is -3.65. The quantitative estimate of drug-likeness (QED) is 0.714. The van der Waals surface area contributed by atoms with E-state index in [1.807, 2.05) is 38.1 Å². The normalized spacial score (nSPS) is 11.2. The van der Waals surface area contributed by atoms with Crippen LogP contribution >= 0.6 is 0 Å². The van der Waals surface area contributed by atoms with E-state index in [9.17, 15) is 13.2 Å². The lowest BCUT2D eigenvalue weighted by molar-refractivity contribution is -0.130. The Bertz CT molecular complexity index is 847. The second kappa shape index (κ2) is 9.53. The van der Waals surface area contributed by atoms with Crippen molar-refractivity contribution in [3.63, 3.8) is 0 Å². The maximum absolute atomic E-state index is 12.3. The van der Waals surface area contributed by atoms with Crippen LogP contribution in [0.4, 0.5) is 0 Å². The Kier molecular flexibility index (Phi) is 7.38. The van der Waals surface area contributed by atoms with E-state index >= 15 is 0 Å². The fourth-order valence-electron chi connectivity index (χ4n) is 2.50.